The quantitative estimate of drug-likeness (QED) is 0.410. The van der Waals surface area contributed by atoms with E-state index in [2.05, 4.69) is 6.92 Å². The molecule has 1 N–H and O–H groups in total. The lowest BCUT2D eigenvalue weighted by Gasteiger charge is -2.53. The molecule has 2 saturated carbocycles. The number of pyridine rings is 1. The lowest BCUT2D eigenvalue weighted by Crippen LogP contribution is -2.62. The monoisotopic (exact) mass is 562 g/mol. The highest BCUT2D eigenvalue weighted by molar-refractivity contribution is 5.96. The summed E-state index contributed by atoms with van der Waals surface area (Å²) >= 11 is 0. The molecule has 2 aromatic rings. The smallest absolute Gasteiger partial charge is 0.340 e. The van der Waals surface area contributed by atoms with Crippen molar-refractivity contribution in [3.63, 3.8) is 0 Å². The minimum Gasteiger partial charge on any atom is -0.462 e. The van der Waals surface area contributed by atoms with Crippen molar-refractivity contribution in [3.8, 4) is 11.1 Å². The molecule has 3 fully saturated rings. The Labute approximate surface area is 243 Å². The van der Waals surface area contributed by atoms with Gasteiger partial charge in [-0.15, -0.1) is 0 Å². The van der Waals surface area contributed by atoms with E-state index >= 15 is 0 Å². The maximum absolute atomic E-state index is 13.6. The lowest BCUT2D eigenvalue weighted by molar-refractivity contribution is -0.163. The van der Waals surface area contributed by atoms with Gasteiger partial charge >= 0.3 is 5.97 Å². The Morgan fingerprint density at radius 2 is 1.76 bits per heavy atom. The zero-order chi connectivity index (χ0) is 29.0. The van der Waals surface area contributed by atoms with Crippen LogP contribution in [0.4, 0.5) is 0 Å². The molecule has 1 unspecified atom stereocenters. The summed E-state index contributed by atoms with van der Waals surface area (Å²) in [5.41, 5.74) is -0.284. The molecule has 1 aromatic carbocycles. The first-order valence-corrected chi connectivity index (χ1v) is 15.7. The van der Waals surface area contributed by atoms with Crippen LogP contribution in [0.5, 0.6) is 0 Å². The van der Waals surface area contributed by atoms with E-state index < -0.39 is 17.0 Å². The fourth-order valence-electron chi connectivity index (χ4n) is 7.83. The van der Waals surface area contributed by atoms with Gasteiger partial charge in [-0.05, 0) is 44.1 Å². The number of benzene rings is 1. The van der Waals surface area contributed by atoms with E-state index in [0.717, 1.165) is 37.7 Å². The molecule has 1 amide bonds. The van der Waals surface area contributed by atoms with Gasteiger partial charge in [0, 0.05) is 42.2 Å². The van der Waals surface area contributed by atoms with Crippen LogP contribution in [0.2, 0.25) is 0 Å². The van der Waals surface area contributed by atoms with Crippen LogP contribution < -0.4 is 5.56 Å². The van der Waals surface area contributed by atoms with Gasteiger partial charge in [0.2, 0.25) is 5.91 Å². The molecule has 2 aliphatic carbocycles. The Balaban J connectivity index is 1.39. The van der Waals surface area contributed by atoms with Crippen LogP contribution in [-0.4, -0.2) is 51.7 Å². The minimum absolute atomic E-state index is 0.0111. The third-order valence-corrected chi connectivity index (χ3v) is 10.1. The van der Waals surface area contributed by atoms with Crippen molar-refractivity contribution >= 4 is 11.9 Å². The molecule has 7 nitrogen and oxygen atoms in total. The fraction of sp³-hybridized carbons (Fsp3) is 0.618. The summed E-state index contributed by atoms with van der Waals surface area (Å²) in [6.45, 7) is 5.15. The van der Waals surface area contributed by atoms with Crippen molar-refractivity contribution in [2.45, 2.75) is 96.6 Å². The second-order valence-corrected chi connectivity index (χ2v) is 12.8. The Morgan fingerprint density at radius 1 is 1.05 bits per heavy atom. The van der Waals surface area contributed by atoms with Crippen molar-refractivity contribution in [1.82, 2.24) is 9.47 Å². The number of rotatable bonds is 8. The number of hydrogen-bond donors (Lipinski definition) is 1. The van der Waals surface area contributed by atoms with Gasteiger partial charge < -0.3 is 19.3 Å². The molecule has 1 aromatic heterocycles. The van der Waals surface area contributed by atoms with Gasteiger partial charge in [-0.25, -0.2) is 4.79 Å². The lowest BCUT2D eigenvalue weighted by atomic mass is 9.65. The summed E-state index contributed by atoms with van der Waals surface area (Å²) in [7, 11) is 0. The second-order valence-electron chi connectivity index (χ2n) is 12.8. The summed E-state index contributed by atoms with van der Waals surface area (Å²) in [6.07, 6.45) is 12.9. The van der Waals surface area contributed by atoms with Gasteiger partial charge in [0.05, 0.1) is 24.3 Å². The van der Waals surface area contributed by atoms with Crippen LogP contribution in [0.15, 0.2) is 47.4 Å². The number of hydrogen-bond acceptors (Lipinski definition) is 5. The van der Waals surface area contributed by atoms with Gasteiger partial charge in [-0.2, -0.15) is 0 Å². The van der Waals surface area contributed by atoms with Crippen LogP contribution in [0.1, 0.15) is 94.8 Å². The summed E-state index contributed by atoms with van der Waals surface area (Å²) in [5.74, 6) is 0.347. The van der Waals surface area contributed by atoms with Crippen LogP contribution in [0.25, 0.3) is 11.1 Å². The van der Waals surface area contributed by atoms with E-state index in [1.807, 2.05) is 35.2 Å². The third kappa shape index (κ3) is 6.15. The molecular weight excluding hydrogens is 516 g/mol. The average molecular weight is 563 g/mol. The predicted molar refractivity (Wildman–Crippen MR) is 159 cm³/mol. The molecule has 7 heteroatoms. The van der Waals surface area contributed by atoms with Crippen LogP contribution >= 0.6 is 0 Å². The Hall–Kier alpha value is -2.93. The molecule has 1 saturated heterocycles. The van der Waals surface area contributed by atoms with Gasteiger partial charge in [0.15, 0.2) is 0 Å². The molecule has 222 valence electrons. The average Bonchev–Trinajstić information content (AvgIpc) is 3.46. The van der Waals surface area contributed by atoms with E-state index in [0.29, 0.717) is 36.6 Å². The molecule has 2 atom stereocenters. The highest BCUT2D eigenvalue weighted by atomic mass is 16.5. The summed E-state index contributed by atoms with van der Waals surface area (Å²) < 4.78 is 6.84. The Bertz CT molecular complexity index is 1280. The van der Waals surface area contributed by atoms with Crippen LogP contribution in [-0.2, 0) is 16.1 Å². The van der Waals surface area contributed by atoms with Crippen molar-refractivity contribution < 1.29 is 19.4 Å². The molecule has 1 spiro atoms. The number of piperidine rings is 1. The number of amides is 1. The normalized spacial score (nSPS) is 23.4. The number of esters is 1. The zero-order valence-electron chi connectivity index (χ0n) is 24.8. The largest absolute Gasteiger partial charge is 0.462 e. The van der Waals surface area contributed by atoms with Gasteiger partial charge in [-0.3, -0.25) is 9.59 Å². The Kier molecular flexibility index (Phi) is 9.03. The number of aliphatic hydroxyl groups is 1. The van der Waals surface area contributed by atoms with Crippen LogP contribution in [0.3, 0.4) is 0 Å². The van der Waals surface area contributed by atoms with E-state index in [1.165, 1.54) is 42.7 Å². The van der Waals surface area contributed by atoms with Gasteiger partial charge in [-0.1, -0.05) is 82.2 Å². The summed E-state index contributed by atoms with van der Waals surface area (Å²) in [6, 6.07) is 10.8. The van der Waals surface area contributed by atoms with Crippen molar-refractivity contribution in [1.29, 1.82) is 0 Å². The van der Waals surface area contributed by atoms with E-state index in [4.69, 9.17) is 4.74 Å². The number of aromatic nitrogens is 1. The van der Waals surface area contributed by atoms with Crippen molar-refractivity contribution in [3.05, 3.63) is 58.5 Å². The first kappa shape index (κ1) is 29.6. The predicted octanol–water partition coefficient (Wildman–Crippen LogP) is 5.82. The maximum Gasteiger partial charge on any atom is 0.340 e. The molecule has 0 radical (unpaired) electrons. The first-order chi connectivity index (χ1) is 19.7. The second kappa shape index (κ2) is 12.5. The topological polar surface area (TPSA) is 88.8 Å². The number of likely N-dealkylation sites (tertiary alicyclic amines) is 1. The number of carbonyl (C=O) groups is 2. The van der Waals surface area contributed by atoms with Crippen molar-refractivity contribution in [2.24, 2.45) is 17.3 Å². The SMILES string of the molecule is CCOC(=O)c1cn(C[C@]2(O)CCN(C(=O)C(C)CC3CCCCC3)CC23CCCC3)c(=O)cc1-c1ccccc1. The summed E-state index contributed by atoms with van der Waals surface area (Å²) in [4.78, 5) is 42.1. The molecule has 0 bridgehead atoms. The standard InChI is InChI=1S/C34H46N2O5/c1-3-41-32(39)29-22-36(30(37)21-28(29)27-14-8-5-9-15-27)24-34(40)18-19-35(23-33(34)16-10-11-17-33)31(38)25(2)20-26-12-6-4-7-13-26/h5,8-9,14-15,21-22,25-26,40H,3-4,6-7,10-13,16-20,23-24H2,1-2H3/t25?,34-/m1/s1. The minimum atomic E-state index is -1.16. The summed E-state index contributed by atoms with van der Waals surface area (Å²) in [5, 5.41) is 12.3. The first-order valence-electron chi connectivity index (χ1n) is 15.7. The maximum atomic E-state index is 13.6. The molecular formula is C34H46N2O5. The van der Waals surface area contributed by atoms with Gasteiger partial charge in [0.1, 0.15) is 0 Å². The third-order valence-electron chi connectivity index (χ3n) is 10.1. The molecule has 1 aliphatic heterocycles. The van der Waals surface area contributed by atoms with Gasteiger partial charge in [0.25, 0.3) is 5.56 Å². The molecule has 3 aliphatic rings. The van der Waals surface area contributed by atoms with E-state index in [9.17, 15) is 19.5 Å². The Morgan fingerprint density at radius 3 is 2.44 bits per heavy atom. The van der Waals surface area contributed by atoms with E-state index in [1.54, 1.807) is 13.1 Å². The molecule has 2 heterocycles. The van der Waals surface area contributed by atoms with E-state index in [-0.39, 0.29) is 30.5 Å². The highest BCUT2D eigenvalue weighted by Crippen LogP contribution is 2.52. The molecule has 41 heavy (non-hydrogen) atoms. The number of ether oxygens (including phenoxy) is 1. The fourth-order valence-corrected chi connectivity index (χ4v) is 7.83. The number of nitrogens with zero attached hydrogens (tertiary/aromatic N) is 2. The number of carbonyl (C=O) groups excluding carboxylic acids is 2. The van der Waals surface area contributed by atoms with Crippen LogP contribution in [0, 0.1) is 17.3 Å². The highest BCUT2D eigenvalue weighted by Gasteiger charge is 2.55. The van der Waals surface area contributed by atoms with Crippen molar-refractivity contribution in [2.75, 3.05) is 19.7 Å². The molecule has 5 rings (SSSR count). The zero-order valence-corrected chi connectivity index (χ0v) is 24.8.